The lowest BCUT2D eigenvalue weighted by Crippen LogP contribution is -2.19. The van der Waals surface area contributed by atoms with E-state index >= 15 is 0 Å². The van der Waals surface area contributed by atoms with Gasteiger partial charge < -0.3 is 10.8 Å². The Labute approximate surface area is 127 Å². The summed E-state index contributed by atoms with van der Waals surface area (Å²) in [6, 6.07) is 0. The van der Waals surface area contributed by atoms with Crippen LogP contribution in [0.3, 0.4) is 0 Å². The maximum Gasteiger partial charge on any atom is 0.0997 e. The van der Waals surface area contributed by atoms with Crippen LogP contribution in [-0.2, 0) is 13.1 Å². The number of nitrogens with two attached hydrogens (primary N) is 1. The van der Waals surface area contributed by atoms with E-state index in [9.17, 15) is 0 Å². The Hall–Kier alpha value is -0.940. The van der Waals surface area contributed by atoms with Crippen LogP contribution in [0.15, 0.2) is 0 Å². The largest absolute Gasteiger partial charge is 0.396 e. The van der Waals surface area contributed by atoms with Crippen LogP contribution in [-0.4, -0.2) is 26.7 Å². The van der Waals surface area contributed by atoms with Crippen molar-refractivity contribution in [3.63, 3.8) is 0 Å². The molecular formula is C16H30N4O. The molecule has 1 aliphatic carbocycles. The molecule has 0 bridgehead atoms. The highest BCUT2D eigenvalue weighted by Gasteiger charge is 2.27. The number of aliphatic hydroxyl groups excluding tert-OH is 1. The number of hydrogen-bond donors (Lipinski definition) is 2. The molecule has 0 saturated heterocycles. The predicted octanol–water partition coefficient (Wildman–Crippen LogP) is 2.58. The maximum atomic E-state index is 9.02. The number of unbranched alkanes of at least 4 members (excludes halogenated alkanes) is 1. The van der Waals surface area contributed by atoms with Crippen molar-refractivity contribution >= 4 is 0 Å². The van der Waals surface area contributed by atoms with Crippen molar-refractivity contribution in [2.75, 3.05) is 6.61 Å². The van der Waals surface area contributed by atoms with Crippen molar-refractivity contribution in [1.29, 1.82) is 0 Å². The molecule has 0 radical (unpaired) electrons. The minimum absolute atomic E-state index is 0.195. The number of hydrogen-bond acceptors (Lipinski definition) is 4. The van der Waals surface area contributed by atoms with Crippen molar-refractivity contribution in [3.05, 3.63) is 11.4 Å². The van der Waals surface area contributed by atoms with Gasteiger partial charge in [-0.15, -0.1) is 5.10 Å². The molecule has 1 aromatic rings. The Morgan fingerprint density at radius 3 is 2.62 bits per heavy atom. The number of aryl methyl sites for hydroxylation is 1. The third-order valence-electron chi connectivity index (χ3n) is 4.77. The van der Waals surface area contributed by atoms with Crippen molar-refractivity contribution in [2.45, 2.75) is 77.3 Å². The molecule has 1 fully saturated rings. The minimum Gasteiger partial charge on any atom is -0.396 e. The average molecular weight is 294 g/mol. The number of aliphatic hydroxyl groups is 1. The van der Waals surface area contributed by atoms with Gasteiger partial charge >= 0.3 is 0 Å². The van der Waals surface area contributed by atoms with E-state index in [2.05, 4.69) is 17.2 Å². The van der Waals surface area contributed by atoms with Gasteiger partial charge in [0.15, 0.2) is 0 Å². The van der Waals surface area contributed by atoms with E-state index in [-0.39, 0.29) is 6.61 Å². The molecule has 1 aromatic heterocycles. The number of nitrogens with zero attached hydrogens (tertiary/aromatic N) is 3. The topological polar surface area (TPSA) is 77.0 Å². The third-order valence-corrected chi connectivity index (χ3v) is 4.77. The summed E-state index contributed by atoms with van der Waals surface area (Å²) in [4.78, 5) is 0. The average Bonchev–Trinajstić information content (AvgIpc) is 2.94. The molecule has 0 spiro atoms. The highest BCUT2D eigenvalue weighted by Crippen LogP contribution is 2.38. The molecule has 1 aliphatic rings. The Bertz CT molecular complexity index is 410. The first-order valence-electron chi connectivity index (χ1n) is 8.53. The normalized spacial score (nSPS) is 22.6. The van der Waals surface area contributed by atoms with Crippen LogP contribution in [0.1, 0.15) is 75.6 Å². The molecule has 120 valence electrons. The standard InChI is InChI=1S/C16H30N4O/c1-2-3-5-13-6-8-14(9-7-13)16-15(12-17)18-19-20(16)10-4-11-21/h13-14,21H,2-12,17H2,1H3. The van der Waals surface area contributed by atoms with E-state index in [4.69, 9.17) is 10.8 Å². The summed E-state index contributed by atoms with van der Waals surface area (Å²) >= 11 is 0. The first-order valence-corrected chi connectivity index (χ1v) is 8.53. The van der Waals surface area contributed by atoms with E-state index in [1.54, 1.807) is 0 Å². The van der Waals surface area contributed by atoms with Crippen LogP contribution in [0.25, 0.3) is 0 Å². The van der Waals surface area contributed by atoms with Crippen LogP contribution >= 0.6 is 0 Å². The summed E-state index contributed by atoms with van der Waals surface area (Å²) in [5.74, 6) is 1.46. The predicted molar refractivity (Wildman–Crippen MR) is 83.8 cm³/mol. The van der Waals surface area contributed by atoms with Crippen LogP contribution < -0.4 is 5.73 Å². The van der Waals surface area contributed by atoms with Crippen molar-refractivity contribution in [2.24, 2.45) is 11.7 Å². The Morgan fingerprint density at radius 2 is 2.00 bits per heavy atom. The number of rotatable bonds is 8. The lowest BCUT2D eigenvalue weighted by molar-refractivity contribution is 0.269. The monoisotopic (exact) mass is 294 g/mol. The number of aromatic nitrogens is 3. The summed E-state index contributed by atoms with van der Waals surface area (Å²) in [6.07, 6.45) is 9.87. The van der Waals surface area contributed by atoms with Crippen LogP contribution in [0.2, 0.25) is 0 Å². The fraction of sp³-hybridized carbons (Fsp3) is 0.875. The lowest BCUT2D eigenvalue weighted by Gasteiger charge is -2.29. The van der Waals surface area contributed by atoms with Gasteiger partial charge in [-0.2, -0.15) is 0 Å². The summed E-state index contributed by atoms with van der Waals surface area (Å²) in [5.41, 5.74) is 8.01. The molecule has 21 heavy (non-hydrogen) atoms. The lowest BCUT2D eigenvalue weighted by atomic mass is 9.78. The second-order valence-corrected chi connectivity index (χ2v) is 6.29. The van der Waals surface area contributed by atoms with Crippen LogP contribution in [0, 0.1) is 5.92 Å². The summed E-state index contributed by atoms with van der Waals surface area (Å²) in [6.45, 7) is 3.67. The van der Waals surface area contributed by atoms with E-state index in [1.807, 2.05) is 4.68 Å². The van der Waals surface area contributed by atoms with Crippen molar-refractivity contribution < 1.29 is 5.11 Å². The zero-order valence-electron chi connectivity index (χ0n) is 13.3. The summed E-state index contributed by atoms with van der Waals surface area (Å²) < 4.78 is 1.98. The molecule has 0 amide bonds. The van der Waals surface area contributed by atoms with Gasteiger partial charge in [0.2, 0.25) is 0 Å². The second kappa shape index (κ2) is 8.49. The fourth-order valence-corrected chi connectivity index (χ4v) is 3.55. The van der Waals surface area contributed by atoms with Gasteiger partial charge in [-0.1, -0.05) is 31.4 Å². The Morgan fingerprint density at radius 1 is 1.24 bits per heavy atom. The molecule has 3 N–H and O–H groups in total. The second-order valence-electron chi connectivity index (χ2n) is 6.29. The van der Waals surface area contributed by atoms with Gasteiger partial charge in [0.25, 0.3) is 0 Å². The molecular weight excluding hydrogens is 264 g/mol. The van der Waals surface area contributed by atoms with E-state index < -0.39 is 0 Å². The summed E-state index contributed by atoms with van der Waals surface area (Å²) in [7, 11) is 0. The fourth-order valence-electron chi connectivity index (χ4n) is 3.55. The molecule has 5 heteroatoms. The zero-order valence-corrected chi connectivity index (χ0v) is 13.3. The van der Waals surface area contributed by atoms with E-state index in [0.717, 1.165) is 24.6 Å². The van der Waals surface area contributed by atoms with Gasteiger partial charge in [-0.05, 0) is 38.0 Å². The SMILES string of the molecule is CCCCC1CCC(c2c(CN)nnn2CCCO)CC1. The summed E-state index contributed by atoms with van der Waals surface area (Å²) in [5, 5.41) is 17.5. The molecule has 1 saturated carbocycles. The quantitative estimate of drug-likeness (QED) is 0.772. The van der Waals surface area contributed by atoms with E-state index in [1.165, 1.54) is 50.6 Å². The van der Waals surface area contributed by atoms with Gasteiger partial charge in [0, 0.05) is 25.6 Å². The molecule has 0 aromatic carbocycles. The Kier molecular flexibility index (Phi) is 6.64. The first-order chi connectivity index (χ1) is 10.3. The van der Waals surface area contributed by atoms with Crippen LogP contribution in [0.5, 0.6) is 0 Å². The maximum absolute atomic E-state index is 9.02. The van der Waals surface area contributed by atoms with Gasteiger partial charge in [0.05, 0.1) is 11.4 Å². The molecule has 1 heterocycles. The molecule has 0 atom stereocenters. The zero-order chi connectivity index (χ0) is 15.1. The highest BCUT2D eigenvalue weighted by molar-refractivity contribution is 5.16. The van der Waals surface area contributed by atoms with Crippen molar-refractivity contribution in [3.8, 4) is 0 Å². The van der Waals surface area contributed by atoms with Crippen molar-refractivity contribution in [1.82, 2.24) is 15.0 Å². The van der Waals surface area contributed by atoms with Crippen LogP contribution in [0.4, 0.5) is 0 Å². The minimum atomic E-state index is 0.195. The molecule has 5 nitrogen and oxygen atoms in total. The van der Waals surface area contributed by atoms with Gasteiger partial charge in [-0.3, -0.25) is 0 Å². The third kappa shape index (κ3) is 4.27. The van der Waals surface area contributed by atoms with Gasteiger partial charge in [0.1, 0.15) is 0 Å². The molecule has 0 unspecified atom stereocenters. The van der Waals surface area contributed by atoms with Gasteiger partial charge in [-0.25, -0.2) is 4.68 Å². The Balaban J connectivity index is 1.99. The molecule has 0 aliphatic heterocycles. The smallest absolute Gasteiger partial charge is 0.0997 e. The van der Waals surface area contributed by atoms with E-state index in [0.29, 0.717) is 12.5 Å². The first kappa shape index (κ1) is 16.4. The highest BCUT2D eigenvalue weighted by atomic mass is 16.3. The molecule has 2 rings (SSSR count).